The molecule has 1 heterocycles. The maximum Gasteiger partial charge on any atom is 0.260 e. The van der Waals surface area contributed by atoms with Gasteiger partial charge in [-0.05, 0) is 51.3 Å². The minimum Gasteiger partial charge on any atom is -0.309 e. The van der Waals surface area contributed by atoms with Crippen LogP contribution in [0.25, 0.3) is 10.2 Å². The van der Waals surface area contributed by atoms with Gasteiger partial charge in [-0.3, -0.25) is 14.5 Å². The van der Waals surface area contributed by atoms with Crippen molar-refractivity contribution in [3.63, 3.8) is 0 Å². The summed E-state index contributed by atoms with van der Waals surface area (Å²) in [6, 6.07) is 24.0. The van der Waals surface area contributed by atoms with Gasteiger partial charge in [-0.25, -0.2) is 4.98 Å². The summed E-state index contributed by atoms with van der Waals surface area (Å²) in [5.74, 6) is -0.167. The van der Waals surface area contributed by atoms with Crippen molar-refractivity contribution < 1.29 is 9.59 Å². The van der Waals surface area contributed by atoms with Gasteiger partial charge in [0.2, 0.25) is 0 Å². The summed E-state index contributed by atoms with van der Waals surface area (Å²) in [4.78, 5) is 34.7. The van der Waals surface area contributed by atoms with Crippen molar-refractivity contribution >= 4 is 50.8 Å². The fraction of sp³-hybridized carbons (Fsp3) is 0.192. The number of carbonyl (C=O) groups is 2. The predicted octanol–water partition coefficient (Wildman–Crippen LogP) is 5.55. The highest BCUT2D eigenvalue weighted by molar-refractivity contribution is 7.22. The summed E-state index contributed by atoms with van der Waals surface area (Å²) >= 11 is 1.52. The molecule has 3 aromatic carbocycles. The minimum atomic E-state index is -0.110. The SMILES string of the molecule is CN(C)CCCN(C(=O)c1ccc(C(=O)c2ccccc2)cc1)c1nc2ccccc2s1.Cl. The summed E-state index contributed by atoms with van der Waals surface area (Å²) in [5.41, 5.74) is 2.62. The number of hydrogen-bond acceptors (Lipinski definition) is 5. The Bertz CT molecular complexity index is 1190. The number of para-hydroxylation sites is 1. The molecule has 0 unspecified atom stereocenters. The number of fused-ring (bicyclic) bond motifs is 1. The summed E-state index contributed by atoms with van der Waals surface area (Å²) in [6.45, 7) is 1.45. The number of carbonyl (C=O) groups excluding carboxylic acids is 2. The first-order valence-electron chi connectivity index (χ1n) is 10.5. The van der Waals surface area contributed by atoms with Crippen LogP contribution in [0.4, 0.5) is 5.13 Å². The molecule has 1 aromatic heterocycles. The molecular formula is C26H26ClN3O2S. The third kappa shape index (κ3) is 5.85. The topological polar surface area (TPSA) is 53.5 Å². The highest BCUT2D eigenvalue weighted by Crippen LogP contribution is 2.30. The molecular weight excluding hydrogens is 454 g/mol. The molecule has 0 spiro atoms. The Labute approximate surface area is 204 Å². The number of anilines is 1. The van der Waals surface area contributed by atoms with Crippen molar-refractivity contribution in [3.8, 4) is 0 Å². The van der Waals surface area contributed by atoms with Gasteiger partial charge in [0, 0.05) is 23.2 Å². The van der Waals surface area contributed by atoms with E-state index in [2.05, 4.69) is 4.90 Å². The maximum atomic E-state index is 13.4. The van der Waals surface area contributed by atoms with Crippen molar-refractivity contribution in [1.82, 2.24) is 9.88 Å². The van der Waals surface area contributed by atoms with Crippen molar-refractivity contribution in [2.75, 3.05) is 32.1 Å². The first-order chi connectivity index (χ1) is 15.5. The quantitative estimate of drug-likeness (QED) is 0.311. The predicted molar refractivity (Wildman–Crippen MR) is 138 cm³/mol. The summed E-state index contributed by atoms with van der Waals surface area (Å²) in [6.07, 6.45) is 0.833. The third-order valence-corrected chi connectivity index (χ3v) is 6.24. The highest BCUT2D eigenvalue weighted by atomic mass is 35.5. The minimum absolute atomic E-state index is 0. The van der Waals surface area contributed by atoms with E-state index in [0.717, 1.165) is 23.2 Å². The van der Waals surface area contributed by atoms with E-state index in [0.29, 0.717) is 28.4 Å². The Morgan fingerprint density at radius 2 is 1.39 bits per heavy atom. The Balaban J connectivity index is 0.00000306. The van der Waals surface area contributed by atoms with Crippen molar-refractivity contribution in [3.05, 3.63) is 95.6 Å². The molecule has 5 nitrogen and oxygen atoms in total. The van der Waals surface area contributed by atoms with Gasteiger partial charge in [0.1, 0.15) is 0 Å². The molecule has 170 valence electrons. The van der Waals surface area contributed by atoms with Crippen LogP contribution in [0, 0.1) is 0 Å². The van der Waals surface area contributed by atoms with Crippen LogP contribution >= 0.6 is 23.7 Å². The Morgan fingerprint density at radius 3 is 2.06 bits per heavy atom. The number of ketones is 1. The number of aromatic nitrogens is 1. The zero-order valence-electron chi connectivity index (χ0n) is 18.6. The van der Waals surface area contributed by atoms with Crippen molar-refractivity contribution in [1.29, 1.82) is 0 Å². The second-order valence-corrected chi connectivity index (χ2v) is 8.86. The van der Waals surface area contributed by atoms with Crippen molar-refractivity contribution in [2.45, 2.75) is 6.42 Å². The van der Waals surface area contributed by atoms with Gasteiger partial charge < -0.3 is 4.90 Å². The van der Waals surface area contributed by atoms with Crippen LogP contribution in [0.5, 0.6) is 0 Å². The molecule has 0 atom stereocenters. The zero-order valence-corrected chi connectivity index (χ0v) is 20.2. The van der Waals surface area contributed by atoms with E-state index >= 15 is 0 Å². The molecule has 0 bridgehead atoms. The van der Waals surface area contributed by atoms with Crippen LogP contribution in [0.15, 0.2) is 78.9 Å². The van der Waals surface area contributed by atoms with Gasteiger partial charge >= 0.3 is 0 Å². The van der Waals surface area contributed by atoms with Crippen molar-refractivity contribution in [2.24, 2.45) is 0 Å². The van der Waals surface area contributed by atoms with Crippen LogP contribution < -0.4 is 4.90 Å². The number of benzene rings is 3. The van der Waals surface area contributed by atoms with Crippen LogP contribution in [0.1, 0.15) is 32.7 Å². The molecule has 1 amide bonds. The van der Waals surface area contributed by atoms with E-state index in [4.69, 9.17) is 4.98 Å². The fourth-order valence-electron chi connectivity index (χ4n) is 3.48. The molecule has 33 heavy (non-hydrogen) atoms. The molecule has 0 N–H and O–H groups in total. The molecule has 4 rings (SSSR count). The Kier molecular flexibility index (Phi) is 8.33. The van der Waals surface area contributed by atoms with Gasteiger partial charge in [-0.15, -0.1) is 12.4 Å². The van der Waals surface area contributed by atoms with Crippen LogP contribution in [-0.4, -0.2) is 48.8 Å². The van der Waals surface area contributed by atoms with E-state index < -0.39 is 0 Å². The molecule has 0 saturated carbocycles. The van der Waals surface area contributed by atoms with Gasteiger partial charge in [0.05, 0.1) is 10.2 Å². The largest absolute Gasteiger partial charge is 0.309 e. The van der Waals surface area contributed by atoms with Gasteiger partial charge in [0.15, 0.2) is 10.9 Å². The average Bonchev–Trinajstić information content (AvgIpc) is 3.25. The monoisotopic (exact) mass is 479 g/mol. The Hall–Kier alpha value is -3.06. The van der Waals surface area contributed by atoms with E-state index in [1.165, 1.54) is 11.3 Å². The fourth-order valence-corrected chi connectivity index (χ4v) is 4.47. The van der Waals surface area contributed by atoms with Crippen LogP contribution in [0.3, 0.4) is 0 Å². The first kappa shape index (κ1) is 24.6. The van der Waals surface area contributed by atoms with E-state index in [1.807, 2.05) is 56.6 Å². The van der Waals surface area contributed by atoms with Gasteiger partial charge in [0.25, 0.3) is 5.91 Å². The standard InChI is InChI=1S/C26H25N3O2S.ClH/c1-28(2)17-8-18-29(26-27-22-11-6-7-12-23(22)32-26)25(31)21-15-13-20(14-16-21)24(30)19-9-4-3-5-10-19;/h3-7,9-16H,8,17-18H2,1-2H3;1H. The maximum absolute atomic E-state index is 13.4. The summed E-state index contributed by atoms with van der Waals surface area (Å²) in [7, 11) is 4.04. The average molecular weight is 480 g/mol. The lowest BCUT2D eigenvalue weighted by Gasteiger charge is -2.21. The van der Waals surface area contributed by atoms with E-state index in [-0.39, 0.29) is 24.1 Å². The molecule has 0 saturated heterocycles. The number of hydrogen-bond donors (Lipinski definition) is 0. The van der Waals surface area contributed by atoms with E-state index in [9.17, 15) is 9.59 Å². The zero-order chi connectivity index (χ0) is 22.5. The number of halogens is 1. The molecule has 0 radical (unpaired) electrons. The number of nitrogens with zero attached hydrogens (tertiary/aromatic N) is 3. The number of rotatable bonds is 8. The second kappa shape index (κ2) is 11.2. The molecule has 4 aromatic rings. The van der Waals surface area contributed by atoms with Gasteiger partial charge in [-0.2, -0.15) is 0 Å². The summed E-state index contributed by atoms with van der Waals surface area (Å²) in [5, 5.41) is 0.694. The van der Waals surface area contributed by atoms with Gasteiger partial charge in [-0.1, -0.05) is 65.9 Å². The molecule has 7 heteroatoms. The summed E-state index contributed by atoms with van der Waals surface area (Å²) < 4.78 is 1.05. The number of amides is 1. The lowest BCUT2D eigenvalue weighted by molar-refractivity contribution is 0.0983. The van der Waals surface area contributed by atoms with E-state index in [1.54, 1.807) is 41.3 Å². The number of thiazole rings is 1. The lowest BCUT2D eigenvalue weighted by atomic mass is 10.0. The normalized spacial score (nSPS) is 10.8. The first-order valence-corrected chi connectivity index (χ1v) is 11.4. The third-order valence-electron chi connectivity index (χ3n) is 5.18. The second-order valence-electron chi connectivity index (χ2n) is 7.85. The smallest absolute Gasteiger partial charge is 0.260 e. The Morgan fingerprint density at radius 1 is 0.788 bits per heavy atom. The molecule has 0 fully saturated rings. The van der Waals surface area contributed by atoms with Crippen LogP contribution in [0.2, 0.25) is 0 Å². The highest BCUT2D eigenvalue weighted by Gasteiger charge is 2.21. The van der Waals surface area contributed by atoms with Crippen LogP contribution in [-0.2, 0) is 0 Å². The molecule has 0 aliphatic heterocycles. The molecule has 0 aliphatic carbocycles. The molecule has 0 aliphatic rings. The lowest BCUT2D eigenvalue weighted by Crippen LogP contribution is -2.33.